The molecule has 1 heteroatoms. The molecule has 12 heavy (non-hydrogen) atoms. The Hall–Kier alpha value is -0.0400. The van der Waals surface area contributed by atoms with Crippen molar-refractivity contribution in [3.63, 3.8) is 0 Å². The van der Waals surface area contributed by atoms with Gasteiger partial charge in [0.25, 0.3) is 0 Å². The van der Waals surface area contributed by atoms with Crippen molar-refractivity contribution in [1.82, 2.24) is 0 Å². The van der Waals surface area contributed by atoms with Crippen LogP contribution in [0, 0.1) is 16.7 Å². The molecule has 0 aromatic heterocycles. The van der Waals surface area contributed by atoms with Gasteiger partial charge in [-0.15, -0.1) is 0 Å². The van der Waals surface area contributed by atoms with E-state index in [1.807, 2.05) is 0 Å². The predicted molar refractivity (Wildman–Crippen MR) is 49.9 cm³/mol. The zero-order valence-corrected chi connectivity index (χ0v) is 8.43. The molecule has 0 spiro atoms. The summed E-state index contributed by atoms with van der Waals surface area (Å²) in [7, 11) is 0. The molecule has 0 aromatic carbocycles. The Morgan fingerprint density at radius 3 is 2.33 bits per heavy atom. The lowest BCUT2D eigenvalue weighted by molar-refractivity contribution is -0.146. The van der Waals surface area contributed by atoms with Crippen molar-refractivity contribution < 1.29 is 5.11 Å². The van der Waals surface area contributed by atoms with Crippen LogP contribution in [0.2, 0.25) is 0 Å². The molecule has 0 saturated heterocycles. The van der Waals surface area contributed by atoms with Crippen molar-refractivity contribution in [1.29, 1.82) is 0 Å². The highest BCUT2D eigenvalue weighted by atomic mass is 16.3. The molecule has 2 bridgehead atoms. The van der Waals surface area contributed by atoms with Crippen LogP contribution in [0.25, 0.3) is 0 Å². The molecule has 3 atom stereocenters. The summed E-state index contributed by atoms with van der Waals surface area (Å²) in [4.78, 5) is 0. The van der Waals surface area contributed by atoms with Gasteiger partial charge in [0.05, 0.1) is 6.10 Å². The first kappa shape index (κ1) is 8.55. The molecule has 3 aliphatic carbocycles. The van der Waals surface area contributed by atoms with E-state index in [1.165, 1.54) is 19.3 Å². The highest BCUT2D eigenvalue weighted by molar-refractivity contribution is 5.04. The largest absolute Gasteiger partial charge is 0.393 e. The summed E-state index contributed by atoms with van der Waals surface area (Å²) in [5.41, 5.74) is 0.551. The summed E-state index contributed by atoms with van der Waals surface area (Å²) in [6.07, 6.45) is 4.91. The Morgan fingerprint density at radius 1 is 1.25 bits per heavy atom. The zero-order chi connectivity index (χ0) is 8.98. The summed E-state index contributed by atoms with van der Waals surface area (Å²) in [5, 5.41) is 9.99. The summed E-state index contributed by atoms with van der Waals surface area (Å²) in [6.45, 7) is 6.91. The summed E-state index contributed by atoms with van der Waals surface area (Å²) in [6, 6.07) is 0. The molecule has 3 fully saturated rings. The Labute approximate surface area is 75.2 Å². The van der Waals surface area contributed by atoms with Crippen molar-refractivity contribution in [3.8, 4) is 0 Å². The molecule has 1 N–H and O–H groups in total. The molecule has 3 aliphatic rings. The van der Waals surface area contributed by atoms with E-state index in [0.29, 0.717) is 5.41 Å². The van der Waals surface area contributed by atoms with Gasteiger partial charge < -0.3 is 5.11 Å². The highest BCUT2D eigenvalue weighted by Crippen LogP contribution is 2.59. The van der Waals surface area contributed by atoms with E-state index in [0.717, 1.165) is 12.3 Å². The third kappa shape index (κ3) is 0.891. The molecule has 0 heterocycles. The van der Waals surface area contributed by atoms with Crippen LogP contribution in [-0.2, 0) is 0 Å². The maximum Gasteiger partial charge on any atom is 0.0601 e. The fraction of sp³-hybridized carbons (Fsp3) is 1.00. The second-order valence-electron chi connectivity index (χ2n) is 5.66. The normalized spacial score (nSPS) is 51.0. The van der Waals surface area contributed by atoms with E-state index in [2.05, 4.69) is 20.8 Å². The summed E-state index contributed by atoms with van der Waals surface area (Å²) in [5.74, 6) is 0.803. The van der Waals surface area contributed by atoms with Gasteiger partial charge in [-0.3, -0.25) is 0 Å². The predicted octanol–water partition coefficient (Wildman–Crippen LogP) is 2.58. The Kier molecular flexibility index (Phi) is 1.61. The molecule has 0 amide bonds. The third-order valence-electron chi connectivity index (χ3n) is 4.71. The van der Waals surface area contributed by atoms with Crippen LogP contribution in [0.3, 0.4) is 0 Å². The van der Waals surface area contributed by atoms with Crippen LogP contribution >= 0.6 is 0 Å². The summed E-state index contributed by atoms with van der Waals surface area (Å²) < 4.78 is 0. The van der Waals surface area contributed by atoms with E-state index in [-0.39, 0.29) is 11.5 Å². The van der Waals surface area contributed by atoms with Gasteiger partial charge in [-0.2, -0.15) is 0 Å². The molecule has 0 aliphatic heterocycles. The molecule has 3 saturated carbocycles. The van der Waals surface area contributed by atoms with Gasteiger partial charge in [0, 0.05) is 0 Å². The lowest BCUT2D eigenvalue weighted by Gasteiger charge is -2.58. The second kappa shape index (κ2) is 2.25. The van der Waals surface area contributed by atoms with Gasteiger partial charge in [-0.1, -0.05) is 20.8 Å². The van der Waals surface area contributed by atoms with Gasteiger partial charge >= 0.3 is 0 Å². The average molecular weight is 168 g/mol. The highest BCUT2D eigenvalue weighted by Gasteiger charge is 2.54. The number of fused-ring (bicyclic) bond motifs is 3. The smallest absolute Gasteiger partial charge is 0.0601 e. The fourth-order valence-electron chi connectivity index (χ4n) is 3.29. The SMILES string of the molecule is CC1(C)C[C@H]2CC[C@@]1(C)[C@@H](O)C2. The monoisotopic (exact) mass is 168 g/mol. The van der Waals surface area contributed by atoms with Gasteiger partial charge in [0.1, 0.15) is 0 Å². The number of hydrogen-bond donors (Lipinski definition) is 1. The van der Waals surface area contributed by atoms with Crippen LogP contribution in [0.5, 0.6) is 0 Å². The number of aliphatic hydroxyl groups is 1. The Morgan fingerprint density at radius 2 is 1.92 bits per heavy atom. The van der Waals surface area contributed by atoms with E-state index >= 15 is 0 Å². The maximum atomic E-state index is 9.99. The van der Waals surface area contributed by atoms with E-state index in [9.17, 15) is 5.11 Å². The van der Waals surface area contributed by atoms with Crippen molar-refractivity contribution >= 4 is 0 Å². The van der Waals surface area contributed by atoms with Crippen LogP contribution < -0.4 is 0 Å². The van der Waals surface area contributed by atoms with E-state index in [4.69, 9.17) is 0 Å². The number of aliphatic hydroxyl groups excluding tert-OH is 1. The minimum Gasteiger partial charge on any atom is -0.393 e. The van der Waals surface area contributed by atoms with E-state index < -0.39 is 0 Å². The minimum atomic E-state index is -0.0417. The average Bonchev–Trinajstić information content (AvgIpc) is 1.93. The van der Waals surface area contributed by atoms with E-state index in [1.54, 1.807) is 0 Å². The first-order valence-corrected chi connectivity index (χ1v) is 5.14. The molecular formula is C11H20O. The zero-order valence-electron chi connectivity index (χ0n) is 8.43. The van der Waals surface area contributed by atoms with Gasteiger partial charge in [0.2, 0.25) is 0 Å². The minimum absolute atomic E-state index is 0.0417. The molecule has 3 rings (SSSR count). The van der Waals surface area contributed by atoms with Crippen molar-refractivity contribution in [2.24, 2.45) is 16.7 Å². The molecule has 70 valence electrons. The topological polar surface area (TPSA) is 20.2 Å². The first-order valence-electron chi connectivity index (χ1n) is 5.14. The first-order chi connectivity index (χ1) is 5.46. The Balaban J connectivity index is 2.33. The van der Waals surface area contributed by atoms with Crippen molar-refractivity contribution in [2.75, 3.05) is 0 Å². The molecule has 0 aromatic rings. The van der Waals surface area contributed by atoms with Gasteiger partial charge in [0.15, 0.2) is 0 Å². The molecule has 0 unspecified atom stereocenters. The molecule has 0 radical (unpaired) electrons. The standard InChI is InChI=1S/C11H20O/c1-10(2)7-8-4-5-11(10,3)9(12)6-8/h8-9,12H,4-7H2,1-3H3/t8-,9-,11-/m0/s1. The maximum absolute atomic E-state index is 9.99. The second-order valence-corrected chi connectivity index (χ2v) is 5.66. The van der Waals surface area contributed by atoms with Crippen LogP contribution in [0.1, 0.15) is 46.5 Å². The lowest BCUT2D eigenvalue weighted by Crippen LogP contribution is -2.54. The number of hydrogen-bond acceptors (Lipinski definition) is 1. The fourth-order valence-corrected chi connectivity index (χ4v) is 3.29. The molecule has 1 nitrogen and oxygen atoms in total. The lowest BCUT2D eigenvalue weighted by atomic mass is 9.48. The van der Waals surface area contributed by atoms with Crippen molar-refractivity contribution in [2.45, 2.75) is 52.6 Å². The quantitative estimate of drug-likeness (QED) is 0.589. The summed E-state index contributed by atoms with van der Waals surface area (Å²) >= 11 is 0. The Bertz CT molecular complexity index is 197. The van der Waals surface area contributed by atoms with Gasteiger partial charge in [-0.25, -0.2) is 0 Å². The third-order valence-corrected chi connectivity index (χ3v) is 4.71. The molecular weight excluding hydrogens is 148 g/mol. The van der Waals surface area contributed by atoms with Crippen molar-refractivity contribution in [3.05, 3.63) is 0 Å². The van der Waals surface area contributed by atoms with Gasteiger partial charge in [-0.05, 0) is 42.4 Å². The van der Waals surface area contributed by atoms with Crippen LogP contribution in [0.15, 0.2) is 0 Å². The van der Waals surface area contributed by atoms with Crippen LogP contribution in [0.4, 0.5) is 0 Å². The van der Waals surface area contributed by atoms with Crippen LogP contribution in [-0.4, -0.2) is 11.2 Å². The number of rotatable bonds is 0.